The highest BCUT2D eigenvalue weighted by molar-refractivity contribution is 5.93. The molecule has 5 heteroatoms. The molecule has 0 heterocycles. The van der Waals surface area contributed by atoms with Gasteiger partial charge in [-0.05, 0) is 49.4 Å². The minimum absolute atomic E-state index is 0.0000850. The number of nitrogens with one attached hydrogen (secondary N) is 1. The van der Waals surface area contributed by atoms with E-state index in [9.17, 15) is 9.59 Å². The molecule has 0 unspecified atom stereocenters. The van der Waals surface area contributed by atoms with Gasteiger partial charge < -0.3 is 15.1 Å². The van der Waals surface area contributed by atoms with Crippen LogP contribution < -0.4 is 10.2 Å². The molecular weight excluding hydrogens is 326 g/mol. The average Bonchev–Trinajstić information content (AvgIpc) is 3.34. The molecule has 2 amide bonds. The van der Waals surface area contributed by atoms with Crippen LogP contribution in [0.1, 0.15) is 51.5 Å². The first kappa shape index (κ1) is 18.7. The molecule has 0 aromatic heterocycles. The van der Waals surface area contributed by atoms with E-state index in [2.05, 4.69) is 10.2 Å². The first-order valence-corrected chi connectivity index (χ1v) is 9.78. The van der Waals surface area contributed by atoms with Gasteiger partial charge in [-0.25, -0.2) is 0 Å². The number of nitrogens with zero attached hydrogens (tertiary/aromatic N) is 2. The first-order chi connectivity index (χ1) is 12.4. The fourth-order valence-corrected chi connectivity index (χ4v) is 3.43. The molecule has 2 fully saturated rings. The van der Waals surface area contributed by atoms with Crippen LogP contribution in [0.15, 0.2) is 18.2 Å². The fourth-order valence-electron chi connectivity index (χ4n) is 3.43. The lowest BCUT2D eigenvalue weighted by atomic mass is 9.85. The third kappa shape index (κ3) is 4.19. The summed E-state index contributed by atoms with van der Waals surface area (Å²) < 4.78 is 0. The van der Waals surface area contributed by atoms with Crippen molar-refractivity contribution in [3.63, 3.8) is 0 Å². The number of carbonyl (C=O) groups is 2. The lowest BCUT2D eigenvalue weighted by Crippen LogP contribution is -2.36. The summed E-state index contributed by atoms with van der Waals surface area (Å²) in [5.41, 5.74) is 3.01. The Hall–Kier alpha value is -2.04. The van der Waals surface area contributed by atoms with E-state index < -0.39 is 0 Å². The monoisotopic (exact) mass is 357 g/mol. The van der Waals surface area contributed by atoms with Crippen molar-refractivity contribution in [2.45, 2.75) is 58.5 Å². The Morgan fingerprint density at radius 2 is 1.85 bits per heavy atom. The van der Waals surface area contributed by atoms with E-state index >= 15 is 0 Å². The van der Waals surface area contributed by atoms with Gasteiger partial charge in [0.2, 0.25) is 11.8 Å². The van der Waals surface area contributed by atoms with Crippen molar-refractivity contribution in [2.24, 2.45) is 11.8 Å². The number of carbonyl (C=O) groups excluding carboxylic acids is 2. The highest BCUT2D eigenvalue weighted by Gasteiger charge is 2.34. The van der Waals surface area contributed by atoms with Gasteiger partial charge in [-0.15, -0.1) is 0 Å². The maximum atomic E-state index is 12.7. The van der Waals surface area contributed by atoms with Gasteiger partial charge in [-0.1, -0.05) is 20.3 Å². The smallest absolute Gasteiger partial charge is 0.227 e. The van der Waals surface area contributed by atoms with Gasteiger partial charge in [0.1, 0.15) is 0 Å². The standard InChI is InChI=1S/C21H31N3O2/c1-14(2)21(26)24(18-9-10-18)13-16-12-17(8-11-19(16)23(3)4)22-20(25)15-6-5-7-15/h8,11-12,14-15,18H,5-7,9-10,13H2,1-4H3,(H,22,25). The predicted molar refractivity (Wildman–Crippen MR) is 105 cm³/mol. The van der Waals surface area contributed by atoms with Crippen LogP contribution in [0.3, 0.4) is 0 Å². The lowest BCUT2D eigenvalue weighted by molar-refractivity contribution is -0.135. The van der Waals surface area contributed by atoms with Crippen LogP contribution >= 0.6 is 0 Å². The second-order valence-electron chi connectivity index (χ2n) is 8.21. The maximum Gasteiger partial charge on any atom is 0.227 e. The third-order valence-electron chi connectivity index (χ3n) is 5.41. The Kier molecular flexibility index (Phi) is 5.54. The second-order valence-corrected chi connectivity index (χ2v) is 8.21. The molecule has 142 valence electrons. The lowest BCUT2D eigenvalue weighted by Gasteiger charge is -2.28. The molecular formula is C21H31N3O2. The van der Waals surface area contributed by atoms with E-state index in [-0.39, 0.29) is 23.7 Å². The molecule has 0 saturated heterocycles. The van der Waals surface area contributed by atoms with Crippen LogP contribution in [0.5, 0.6) is 0 Å². The zero-order chi connectivity index (χ0) is 18.8. The molecule has 0 radical (unpaired) electrons. The van der Waals surface area contributed by atoms with E-state index in [1.807, 2.05) is 51.0 Å². The molecule has 2 aliphatic carbocycles. The van der Waals surface area contributed by atoms with Crippen LogP contribution in [-0.2, 0) is 16.1 Å². The summed E-state index contributed by atoms with van der Waals surface area (Å²) in [4.78, 5) is 29.0. The Morgan fingerprint density at radius 3 is 2.35 bits per heavy atom. The molecule has 2 aliphatic rings. The number of hydrogen-bond acceptors (Lipinski definition) is 3. The predicted octanol–water partition coefficient (Wildman–Crippen LogP) is 3.64. The van der Waals surface area contributed by atoms with Crippen LogP contribution in [0, 0.1) is 11.8 Å². The van der Waals surface area contributed by atoms with Gasteiger partial charge in [0.05, 0.1) is 0 Å². The highest BCUT2D eigenvalue weighted by Crippen LogP contribution is 2.33. The van der Waals surface area contributed by atoms with Gasteiger partial charge >= 0.3 is 0 Å². The summed E-state index contributed by atoms with van der Waals surface area (Å²) in [5.74, 6) is 0.496. The van der Waals surface area contributed by atoms with Gasteiger partial charge in [-0.3, -0.25) is 9.59 Å². The van der Waals surface area contributed by atoms with Crippen molar-refractivity contribution in [2.75, 3.05) is 24.3 Å². The molecule has 1 aromatic carbocycles. The Balaban J connectivity index is 1.81. The van der Waals surface area contributed by atoms with Crippen molar-refractivity contribution in [1.29, 1.82) is 0 Å². The number of rotatable bonds is 7. The van der Waals surface area contributed by atoms with Crippen molar-refractivity contribution in [1.82, 2.24) is 4.90 Å². The Bertz CT molecular complexity index is 676. The number of benzene rings is 1. The van der Waals surface area contributed by atoms with Crippen LogP contribution in [0.2, 0.25) is 0 Å². The maximum absolute atomic E-state index is 12.7. The average molecular weight is 357 g/mol. The molecule has 2 saturated carbocycles. The fraction of sp³-hybridized carbons (Fsp3) is 0.619. The number of anilines is 2. The largest absolute Gasteiger partial charge is 0.377 e. The Labute approximate surface area is 156 Å². The summed E-state index contributed by atoms with van der Waals surface area (Å²) in [6.07, 6.45) is 5.32. The van der Waals surface area contributed by atoms with Crippen molar-refractivity contribution >= 4 is 23.2 Å². The van der Waals surface area contributed by atoms with E-state index in [1.54, 1.807) is 0 Å². The summed E-state index contributed by atoms with van der Waals surface area (Å²) in [7, 11) is 4.02. The van der Waals surface area contributed by atoms with Gasteiger partial charge in [-0.2, -0.15) is 0 Å². The SMILES string of the molecule is CC(C)C(=O)N(Cc1cc(NC(=O)C2CCC2)ccc1N(C)C)C1CC1. The van der Waals surface area contributed by atoms with E-state index in [1.165, 1.54) is 0 Å². The Morgan fingerprint density at radius 1 is 1.15 bits per heavy atom. The molecule has 3 rings (SSSR count). The van der Waals surface area contributed by atoms with Crippen molar-refractivity contribution < 1.29 is 9.59 Å². The molecule has 1 aromatic rings. The van der Waals surface area contributed by atoms with Gasteiger partial charge in [0.15, 0.2) is 0 Å². The van der Waals surface area contributed by atoms with E-state index in [4.69, 9.17) is 0 Å². The first-order valence-electron chi connectivity index (χ1n) is 9.78. The topological polar surface area (TPSA) is 52.7 Å². The molecule has 0 atom stereocenters. The molecule has 0 bridgehead atoms. The second kappa shape index (κ2) is 7.68. The van der Waals surface area contributed by atoms with Crippen LogP contribution in [0.4, 0.5) is 11.4 Å². The number of hydrogen-bond donors (Lipinski definition) is 1. The summed E-state index contributed by atoms with van der Waals surface area (Å²) >= 11 is 0. The minimum atomic E-state index is -0.0000850. The highest BCUT2D eigenvalue weighted by atomic mass is 16.2. The van der Waals surface area contributed by atoms with Gasteiger partial charge in [0.25, 0.3) is 0 Å². The zero-order valence-corrected chi connectivity index (χ0v) is 16.4. The molecule has 5 nitrogen and oxygen atoms in total. The van der Waals surface area contributed by atoms with Crippen molar-refractivity contribution in [3.8, 4) is 0 Å². The normalized spacial score (nSPS) is 17.0. The quantitative estimate of drug-likeness (QED) is 0.810. The van der Waals surface area contributed by atoms with E-state index in [0.717, 1.165) is 49.0 Å². The molecule has 26 heavy (non-hydrogen) atoms. The number of amides is 2. The minimum Gasteiger partial charge on any atom is -0.377 e. The summed E-state index contributed by atoms with van der Waals surface area (Å²) in [5, 5.41) is 3.06. The van der Waals surface area contributed by atoms with Crippen LogP contribution in [-0.4, -0.2) is 36.9 Å². The van der Waals surface area contributed by atoms with Gasteiger partial charge in [0, 0.05) is 49.9 Å². The van der Waals surface area contributed by atoms with Crippen molar-refractivity contribution in [3.05, 3.63) is 23.8 Å². The summed E-state index contributed by atoms with van der Waals surface area (Å²) in [6.45, 7) is 4.52. The third-order valence-corrected chi connectivity index (χ3v) is 5.41. The summed E-state index contributed by atoms with van der Waals surface area (Å²) in [6, 6.07) is 6.40. The zero-order valence-electron chi connectivity index (χ0n) is 16.4. The molecule has 1 N–H and O–H groups in total. The van der Waals surface area contributed by atoms with Crippen LogP contribution in [0.25, 0.3) is 0 Å². The molecule has 0 spiro atoms. The molecule has 0 aliphatic heterocycles. The van der Waals surface area contributed by atoms with E-state index in [0.29, 0.717) is 12.6 Å².